The van der Waals surface area contributed by atoms with E-state index in [9.17, 15) is 8.42 Å². The van der Waals surface area contributed by atoms with E-state index in [-0.39, 0.29) is 4.90 Å². The molecular weight excluding hydrogens is 342 g/mol. The Morgan fingerprint density at radius 2 is 1.46 bits per heavy atom. The van der Waals surface area contributed by atoms with Gasteiger partial charge in [0.25, 0.3) is 10.0 Å². The van der Waals surface area contributed by atoms with Crippen LogP contribution in [0.25, 0.3) is 11.1 Å². The van der Waals surface area contributed by atoms with Gasteiger partial charge in [-0.1, -0.05) is 59.6 Å². The molecule has 0 radical (unpaired) electrons. The third-order valence-electron chi connectivity index (χ3n) is 3.66. The van der Waals surface area contributed by atoms with Crippen molar-refractivity contribution in [1.29, 1.82) is 0 Å². The summed E-state index contributed by atoms with van der Waals surface area (Å²) in [6.07, 6.45) is 0. The molecule has 0 spiro atoms. The van der Waals surface area contributed by atoms with Gasteiger partial charge in [0.15, 0.2) is 0 Å². The Bertz CT molecular complexity index is 949. The molecule has 0 heterocycles. The number of nitrogens with one attached hydrogen (secondary N) is 1. The van der Waals surface area contributed by atoms with Gasteiger partial charge in [-0.2, -0.15) is 0 Å². The van der Waals surface area contributed by atoms with Crippen molar-refractivity contribution >= 4 is 27.3 Å². The van der Waals surface area contributed by atoms with Gasteiger partial charge in [-0.25, -0.2) is 8.42 Å². The topological polar surface area (TPSA) is 46.2 Å². The fourth-order valence-electron chi connectivity index (χ4n) is 2.37. The summed E-state index contributed by atoms with van der Waals surface area (Å²) in [6.45, 7) is 1.92. The Kier molecular flexibility index (Phi) is 4.60. The highest BCUT2D eigenvalue weighted by molar-refractivity contribution is 7.92. The van der Waals surface area contributed by atoms with E-state index in [1.807, 2.05) is 31.2 Å². The van der Waals surface area contributed by atoms with E-state index >= 15 is 0 Å². The van der Waals surface area contributed by atoms with Crippen LogP contribution in [0.1, 0.15) is 5.56 Å². The lowest BCUT2D eigenvalue weighted by Gasteiger charge is -2.13. The smallest absolute Gasteiger partial charge is 0.261 e. The maximum atomic E-state index is 12.6. The first kappa shape index (κ1) is 16.6. The lowest BCUT2D eigenvalue weighted by atomic mass is 10.0. The van der Waals surface area contributed by atoms with E-state index in [2.05, 4.69) is 4.72 Å². The minimum absolute atomic E-state index is 0.235. The number of anilines is 1. The van der Waals surface area contributed by atoms with Crippen molar-refractivity contribution < 1.29 is 8.42 Å². The minimum atomic E-state index is -3.64. The number of hydrogen-bond acceptors (Lipinski definition) is 2. The molecule has 3 rings (SSSR count). The summed E-state index contributed by atoms with van der Waals surface area (Å²) in [7, 11) is -3.64. The zero-order valence-electron chi connectivity index (χ0n) is 13.0. The van der Waals surface area contributed by atoms with E-state index in [0.29, 0.717) is 10.7 Å². The van der Waals surface area contributed by atoms with Crippen LogP contribution in [-0.4, -0.2) is 8.42 Å². The Morgan fingerprint density at radius 1 is 0.833 bits per heavy atom. The number of para-hydroxylation sites is 1. The van der Waals surface area contributed by atoms with Crippen molar-refractivity contribution in [3.05, 3.63) is 83.4 Å². The summed E-state index contributed by atoms with van der Waals surface area (Å²) in [6, 6.07) is 21.3. The van der Waals surface area contributed by atoms with Gasteiger partial charge in [-0.3, -0.25) is 4.72 Å². The maximum Gasteiger partial charge on any atom is 0.261 e. The third-order valence-corrected chi connectivity index (χ3v) is 5.29. The predicted molar refractivity (Wildman–Crippen MR) is 98.9 cm³/mol. The molecule has 0 amide bonds. The number of aryl methyl sites for hydroxylation is 1. The van der Waals surface area contributed by atoms with Gasteiger partial charge in [0, 0.05) is 10.6 Å². The first-order valence-corrected chi connectivity index (χ1v) is 9.26. The first-order chi connectivity index (χ1) is 11.5. The summed E-state index contributed by atoms with van der Waals surface area (Å²) in [4.78, 5) is 0.235. The molecule has 1 N–H and O–H groups in total. The highest BCUT2D eigenvalue weighted by Crippen LogP contribution is 2.30. The van der Waals surface area contributed by atoms with Crippen molar-refractivity contribution in [2.24, 2.45) is 0 Å². The van der Waals surface area contributed by atoms with E-state index in [1.54, 1.807) is 48.5 Å². The molecule has 0 aromatic heterocycles. The Balaban J connectivity index is 1.98. The van der Waals surface area contributed by atoms with Crippen molar-refractivity contribution in [2.45, 2.75) is 11.8 Å². The highest BCUT2D eigenvalue weighted by atomic mass is 35.5. The molecule has 3 aromatic carbocycles. The molecule has 3 nitrogen and oxygen atoms in total. The van der Waals surface area contributed by atoms with Crippen LogP contribution in [0.15, 0.2) is 77.7 Å². The second-order valence-corrected chi connectivity index (χ2v) is 7.59. The lowest BCUT2D eigenvalue weighted by molar-refractivity contribution is 0.601. The Hall–Kier alpha value is -2.30. The Labute approximate surface area is 147 Å². The molecule has 3 aromatic rings. The fourth-order valence-corrected chi connectivity index (χ4v) is 3.58. The molecule has 0 aliphatic heterocycles. The number of halogens is 1. The molecule has 0 aliphatic carbocycles. The molecule has 122 valence electrons. The normalized spacial score (nSPS) is 11.2. The molecule has 0 atom stereocenters. The SMILES string of the molecule is Cc1ccc(S(=O)(=O)Nc2ccccc2-c2ccc(Cl)cc2)cc1. The summed E-state index contributed by atoms with van der Waals surface area (Å²) in [5.41, 5.74) is 3.22. The zero-order chi connectivity index (χ0) is 17.2. The molecule has 0 fully saturated rings. The summed E-state index contributed by atoms with van der Waals surface area (Å²) >= 11 is 5.93. The average molecular weight is 358 g/mol. The molecule has 0 saturated heterocycles. The molecule has 0 saturated carbocycles. The van der Waals surface area contributed by atoms with Crippen molar-refractivity contribution in [3.63, 3.8) is 0 Å². The fraction of sp³-hybridized carbons (Fsp3) is 0.0526. The van der Waals surface area contributed by atoms with Crippen LogP contribution in [-0.2, 0) is 10.0 Å². The van der Waals surface area contributed by atoms with Gasteiger partial charge >= 0.3 is 0 Å². The summed E-state index contributed by atoms with van der Waals surface area (Å²) < 4.78 is 27.9. The van der Waals surface area contributed by atoms with Crippen LogP contribution in [0.2, 0.25) is 5.02 Å². The van der Waals surface area contributed by atoms with E-state index in [4.69, 9.17) is 11.6 Å². The standard InChI is InChI=1S/C19H16ClNO2S/c1-14-6-12-17(13-7-14)24(22,23)21-19-5-3-2-4-18(19)15-8-10-16(20)11-9-15/h2-13,21H,1H3. The van der Waals surface area contributed by atoms with Crippen molar-refractivity contribution in [3.8, 4) is 11.1 Å². The molecule has 5 heteroatoms. The van der Waals surface area contributed by atoms with Crippen LogP contribution in [0.5, 0.6) is 0 Å². The Morgan fingerprint density at radius 3 is 2.12 bits per heavy atom. The maximum absolute atomic E-state index is 12.6. The van der Waals surface area contributed by atoms with Crippen LogP contribution >= 0.6 is 11.6 Å². The van der Waals surface area contributed by atoms with E-state index in [0.717, 1.165) is 16.7 Å². The molecule has 0 bridgehead atoms. The largest absolute Gasteiger partial charge is 0.279 e. The zero-order valence-corrected chi connectivity index (χ0v) is 14.6. The van der Waals surface area contributed by atoms with Crippen LogP contribution in [0.4, 0.5) is 5.69 Å². The van der Waals surface area contributed by atoms with Gasteiger partial charge in [-0.05, 0) is 42.8 Å². The van der Waals surface area contributed by atoms with Gasteiger partial charge < -0.3 is 0 Å². The summed E-state index contributed by atoms with van der Waals surface area (Å²) in [5, 5.41) is 0.636. The van der Waals surface area contributed by atoms with E-state index < -0.39 is 10.0 Å². The van der Waals surface area contributed by atoms with Crippen LogP contribution < -0.4 is 4.72 Å². The van der Waals surface area contributed by atoms with Crippen LogP contribution in [0.3, 0.4) is 0 Å². The van der Waals surface area contributed by atoms with Gasteiger partial charge in [0.2, 0.25) is 0 Å². The first-order valence-electron chi connectivity index (χ1n) is 7.40. The predicted octanol–water partition coefficient (Wildman–Crippen LogP) is 5.12. The monoisotopic (exact) mass is 357 g/mol. The van der Waals surface area contributed by atoms with Gasteiger partial charge in [0.1, 0.15) is 0 Å². The molecule has 24 heavy (non-hydrogen) atoms. The third kappa shape index (κ3) is 3.61. The summed E-state index contributed by atoms with van der Waals surface area (Å²) in [5.74, 6) is 0. The lowest BCUT2D eigenvalue weighted by Crippen LogP contribution is -2.13. The van der Waals surface area contributed by atoms with Crippen molar-refractivity contribution in [2.75, 3.05) is 4.72 Å². The number of rotatable bonds is 4. The van der Waals surface area contributed by atoms with Crippen LogP contribution in [0, 0.1) is 6.92 Å². The number of sulfonamides is 1. The van der Waals surface area contributed by atoms with Crippen molar-refractivity contribution in [1.82, 2.24) is 0 Å². The second kappa shape index (κ2) is 6.67. The van der Waals surface area contributed by atoms with E-state index in [1.165, 1.54) is 0 Å². The van der Waals surface area contributed by atoms with Gasteiger partial charge in [0.05, 0.1) is 10.6 Å². The average Bonchev–Trinajstić information content (AvgIpc) is 2.56. The molecule has 0 aliphatic rings. The quantitative estimate of drug-likeness (QED) is 0.704. The number of benzene rings is 3. The van der Waals surface area contributed by atoms with Gasteiger partial charge in [-0.15, -0.1) is 0 Å². The number of hydrogen-bond donors (Lipinski definition) is 1. The minimum Gasteiger partial charge on any atom is -0.279 e. The second-order valence-electron chi connectivity index (χ2n) is 5.47. The molecule has 0 unspecified atom stereocenters. The molecular formula is C19H16ClNO2S. The highest BCUT2D eigenvalue weighted by Gasteiger charge is 2.16.